The van der Waals surface area contributed by atoms with Gasteiger partial charge in [-0.1, -0.05) is 42.5 Å². The van der Waals surface area contributed by atoms with Gasteiger partial charge >= 0.3 is 0 Å². The van der Waals surface area contributed by atoms with Crippen molar-refractivity contribution in [2.45, 2.75) is 0 Å². The average molecular weight is 289 g/mol. The molecule has 22 heavy (non-hydrogen) atoms. The maximum absolute atomic E-state index is 9.36. The molecule has 108 valence electrons. The van der Waals surface area contributed by atoms with E-state index in [2.05, 4.69) is 6.07 Å². The molecule has 3 nitrogen and oxygen atoms in total. The number of methoxy groups -OCH3 is 2. The van der Waals surface area contributed by atoms with Gasteiger partial charge in [0.1, 0.15) is 11.5 Å². The van der Waals surface area contributed by atoms with Gasteiger partial charge in [0.15, 0.2) is 0 Å². The van der Waals surface area contributed by atoms with Crippen LogP contribution in [0, 0.1) is 11.3 Å². The molecule has 3 aromatic rings. The Kier molecular flexibility index (Phi) is 3.67. The molecule has 0 N–H and O–H groups in total. The molecule has 0 saturated heterocycles. The molecule has 0 bridgehead atoms. The fourth-order valence-corrected chi connectivity index (χ4v) is 2.72. The van der Waals surface area contributed by atoms with Gasteiger partial charge in [-0.25, -0.2) is 0 Å². The lowest BCUT2D eigenvalue weighted by Gasteiger charge is -2.16. The first-order valence-electron chi connectivity index (χ1n) is 6.93. The molecule has 0 aromatic heterocycles. The van der Waals surface area contributed by atoms with Crippen molar-refractivity contribution >= 4 is 10.8 Å². The van der Waals surface area contributed by atoms with Crippen LogP contribution in [0.1, 0.15) is 5.56 Å². The summed E-state index contributed by atoms with van der Waals surface area (Å²) in [5.74, 6) is 1.51. The van der Waals surface area contributed by atoms with Crippen LogP contribution >= 0.6 is 0 Å². The molecule has 3 rings (SSSR count). The SMILES string of the molecule is COc1cc(-c2ccccc2C#N)c(OC)c2ccccc12. The highest BCUT2D eigenvalue weighted by atomic mass is 16.5. The predicted octanol–water partition coefficient (Wildman–Crippen LogP) is 4.40. The van der Waals surface area contributed by atoms with Crippen LogP contribution < -0.4 is 9.47 Å². The summed E-state index contributed by atoms with van der Waals surface area (Å²) in [7, 11) is 3.29. The van der Waals surface area contributed by atoms with Gasteiger partial charge in [-0.3, -0.25) is 0 Å². The van der Waals surface area contributed by atoms with Crippen molar-refractivity contribution in [1.82, 2.24) is 0 Å². The second-order valence-electron chi connectivity index (χ2n) is 4.86. The van der Waals surface area contributed by atoms with Crippen LogP contribution in [0.2, 0.25) is 0 Å². The van der Waals surface area contributed by atoms with Gasteiger partial charge < -0.3 is 9.47 Å². The summed E-state index contributed by atoms with van der Waals surface area (Å²) < 4.78 is 11.2. The number of fused-ring (bicyclic) bond motifs is 1. The van der Waals surface area contributed by atoms with Gasteiger partial charge in [-0.05, 0) is 12.1 Å². The van der Waals surface area contributed by atoms with E-state index < -0.39 is 0 Å². The Balaban J connectivity index is 2.42. The van der Waals surface area contributed by atoms with E-state index in [1.165, 1.54) is 0 Å². The smallest absolute Gasteiger partial charge is 0.134 e. The van der Waals surface area contributed by atoms with Crippen molar-refractivity contribution in [2.24, 2.45) is 0 Å². The number of rotatable bonds is 3. The third kappa shape index (κ3) is 2.15. The summed E-state index contributed by atoms with van der Waals surface area (Å²) >= 11 is 0. The highest BCUT2D eigenvalue weighted by Crippen LogP contribution is 2.42. The molecule has 3 aromatic carbocycles. The van der Waals surface area contributed by atoms with E-state index in [9.17, 15) is 5.26 Å². The van der Waals surface area contributed by atoms with E-state index in [0.717, 1.165) is 33.4 Å². The Morgan fingerprint density at radius 2 is 1.50 bits per heavy atom. The lowest BCUT2D eigenvalue weighted by molar-refractivity contribution is 0.412. The monoisotopic (exact) mass is 289 g/mol. The minimum absolute atomic E-state index is 0.609. The molecule has 0 fully saturated rings. The molecule has 0 aliphatic rings. The molecule has 0 atom stereocenters. The van der Waals surface area contributed by atoms with Crippen LogP contribution in [-0.4, -0.2) is 14.2 Å². The van der Waals surface area contributed by atoms with Crippen LogP contribution in [0.5, 0.6) is 11.5 Å². The van der Waals surface area contributed by atoms with Crippen molar-refractivity contribution in [2.75, 3.05) is 14.2 Å². The third-order valence-corrected chi connectivity index (χ3v) is 3.72. The van der Waals surface area contributed by atoms with E-state index in [-0.39, 0.29) is 0 Å². The molecule has 0 spiro atoms. The molecule has 3 heteroatoms. The minimum Gasteiger partial charge on any atom is -0.496 e. The summed E-state index contributed by atoms with van der Waals surface area (Å²) in [6.07, 6.45) is 0. The standard InChI is InChI=1S/C19H15NO2/c1-21-18-11-17(14-8-4-3-7-13(14)12-20)19(22-2)16-10-6-5-9-15(16)18/h3-11H,1-2H3. The average Bonchev–Trinajstić information content (AvgIpc) is 2.60. The molecule has 0 aliphatic carbocycles. The van der Waals surface area contributed by atoms with Crippen LogP contribution in [-0.2, 0) is 0 Å². The number of hydrogen-bond acceptors (Lipinski definition) is 3. The molecule has 0 saturated carbocycles. The number of benzene rings is 3. The van der Waals surface area contributed by atoms with Crippen LogP contribution in [0.15, 0.2) is 54.6 Å². The first-order chi connectivity index (χ1) is 10.8. The summed E-state index contributed by atoms with van der Waals surface area (Å²) in [5, 5.41) is 11.3. The maximum Gasteiger partial charge on any atom is 0.134 e. The van der Waals surface area contributed by atoms with Gasteiger partial charge in [0.25, 0.3) is 0 Å². The van der Waals surface area contributed by atoms with Gasteiger partial charge in [0.05, 0.1) is 25.9 Å². The molecule has 0 aliphatic heterocycles. The molecular formula is C19H15NO2. The number of nitriles is 1. The first-order valence-corrected chi connectivity index (χ1v) is 6.93. The van der Waals surface area contributed by atoms with Gasteiger partial charge in [0.2, 0.25) is 0 Å². The largest absolute Gasteiger partial charge is 0.496 e. The Hall–Kier alpha value is -2.99. The Morgan fingerprint density at radius 3 is 2.18 bits per heavy atom. The molecule has 0 radical (unpaired) electrons. The fourth-order valence-electron chi connectivity index (χ4n) is 2.72. The van der Waals surface area contributed by atoms with E-state index in [4.69, 9.17) is 9.47 Å². The summed E-state index contributed by atoms with van der Waals surface area (Å²) in [4.78, 5) is 0. The lowest BCUT2D eigenvalue weighted by atomic mass is 9.95. The predicted molar refractivity (Wildman–Crippen MR) is 87.2 cm³/mol. The van der Waals surface area contributed by atoms with Crippen molar-refractivity contribution in [1.29, 1.82) is 5.26 Å². The zero-order valence-electron chi connectivity index (χ0n) is 12.5. The first kappa shape index (κ1) is 14.0. The van der Waals surface area contributed by atoms with Crippen LogP contribution in [0.3, 0.4) is 0 Å². The second kappa shape index (κ2) is 5.79. The van der Waals surface area contributed by atoms with Gasteiger partial charge in [0, 0.05) is 21.9 Å². The van der Waals surface area contributed by atoms with E-state index in [1.807, 2.05) is 48.5 Å². The number of ether oxygens (including phenoxy) is 2. The molecular weight excluding hydrogens is 274 g/mol. The second-order valence-corrected chi connectivity index (χ2v) is 4.86. The number of nitrogens with zero attached hydrogens (tertiary/aromatic N) is 1. The lowest BCUT2D eigenvalue weighted by Crippen LogP contribution is -1.94. The summed E-state index contributed by atoms with van der Waals surface area (Å²) in [6, 6.07) is 19.6. The molecule has 0 amide bonds. The van der Waals surface area contributed by atoms with E-state index in [1.54, 1.807) is 20.3 Å². The topological polar surface area (TPSA) is 42.2 Å². The van der Waals surface area contributed by atoms with Crippen LogP contribution in [0.25, 0.3) is 21.9 Å². The highest BCUT2D eigenvalue weighted by Gasteiger charge is 2.16. The van der Waals surface area contributed by atoms with Crippen LogP contribution in [0.4, 0.5) is 0 Å². The van der Waals surface area contributed by atoms with Gasteiger partial charge in [-0.15, -0.1) is 0 Å². The van der Waals surface area contributed by atoms with E-state index >= 15 is 0 Å². The molecule has 0 heterocycles. The summed E-state index contributed by atoms with van der Waals surface area (Å²) in [5.41, 5.74) is 2.30. The molecule has 0 unspecified atom stereocenters. The van der Waals surface area contributed by atoms with Gasteiger partial charge in [-0.2, -0.15) is 5.26 Å². The normalized spacial score (nSPS) is 10.2. The summed E-state index contributed by atoms with van der Waals surface area (Å²) in [6.45, 7) is 0. The van der Waals surface area contributed by atoms with Crippen molar-refractivity contribution in [3.8, 4) is 28.7 Å². The Morgan fingerprint density at radius 1 is 0.818 bits per heavy atom. The van der Waals surface area contributed by atoms with Crippen molar-refractivity contribution in [3.63, 3.8) is 0 Å². The Bertz CT molecular complexity index is 878. The maximum atomic E-state index is 9.36. The Labute approximate surface area is 129 Å². The third-order valence-electron chi connectivity index (χ3n) is 3.72. The van der Waals surface area contributed by atoms with Crippen molar-refractivity contribution in [3.05, 3.63) is 60.2 Å². The van der Waals surface area contributed by atoms with E-state index in [0.29, 0.717) is 5.56 Å². The fraction of sp³-hybridized carbons (Fsp3) is 0.105. The minimum atomic E-state index is 0.609. The quantitative estimate of drug-likeness (QED) is 0.718. The zero-order valence-corrected chi connectivity index (χ0v) is 12.5. The zero-order chi connectivity index (χ0) is 15.5. The van der Waals surface area contributed by atoms with Crippen molar-refractivity contribution < 1.29 is 9.47 Å². The number of hydrogen-bond donors (Lipinski definition) is 0. The highest BCUT2D eigenvalue weighted by molar-refractivity contribution is 6.00.